The van der Waals surface area contributed by atoms with E-state index in [4.69, 9.17) is 5.73 Å². The molecule has 2 unspecified atom stereocenters. The van der Waals surface area contributed by atoms with Crippen molar-refractivity contribution in [2.24, 2.45) is 0 Å². The van der Waals surface area contributed by atoms with E-state index in [-0.39, 0.29) is 0 Å². The first kappa shape index (κ1) is 15.2. The molecule has 1 fully saturated rings. The largest absolute Gasteiger partial charge is 0.508 e. The maximum absolute atomic E-state index is 9.60. The molecule has 0 amide bonds. The van der Waals surface area contributed by atoms with Crippen LogP contribution in [0.5, 0.6) is 5.75 Å². The zero-order valence-corrected chi connectivity index (χ0v) is 14.0. The summed E-state index contributed by atoms with van der Waals surface area (Å²) in [5, 5.41) is 13.8. The molecule has 1 aliphatic carbocycles. The van der Waals surface area contributed by atoms with Crippen molar-refractivity contribution in [1.82, 2.24) is 10.3 Å². The summed E-state index contributed by atoms with van der Waals surface area (Å²) in [5.41, 5.74) is 9.18. The first-order valence-electron chi connectivity index (χ1n) is 8.02. The summed E-state index contributed by atoms with van der Waals surface area (Å²) in [6.45, 7) is 0.831. The van der Waals surface area contributed by atoms with Crippen molar-refractivity contribution in [2.45, 2.75) is 24.9 Å². The van der Waals surface area contributed by atoms with Gasteiger partial charge in [0.2, 0.25) is 0 Å². The first-order valence-corrected chi connectivity index (χ1v) is 8.83. The molecule has 1 aromatic heterocycles. The molecule has 0 radical (unpaired) electrons. The first-order chi connectivity index (χ1) is 11.7. The molecule has 2 aromatic carbocycles. The highest BCUT2D eigenvalue weighted by Gasteiger charge is 2.37. The van der Waals surface area contributed by atoms with Gasteiger partial charge in [0.15, 0.2) is 5.13 Å². The van der Waals surface area contributed by atoms with Gasteiger partial charge in [-0.25, -0.2) is 4.98 Å². The van der Waals surface area contributed by atoms with Crippen LogP contribution >= 0.6 is 11.3 Å². The number of benzene rings is 2. The summed E-state index contributed by atoms with van der Waals surface area (Å²) in [6, 6.07) is 16.5. The minimum Gasteiger partial charge on any atom is -0.508 e. The fourth-order valence-electron chi connectivity index (χ4n) is 3.03. The number of aromatic nitrogens is 1. The van der Waals surface area contributed by atoms with E-state index in [0.717, 1.165) is 17.7 Å². The Labute approximate surface area is 145 Å². The Morgan fingerprint density at radius 1 is 1.17 bits per heavy atom. The Balaban J connectivity index is 1.38. The molecule has 122 valence electrons. The van der Waals surface area contributed by atoms with Gasteiger partial charge in [-0.1, -0.05) is 36.4 Å². The number of aromatic hydroxyl groups is 1. The molecule has 3 aromatic rings. The highest BCUT2D eigenvalue weighted by atomic mass is 32.1. The highest BCUT2D eigenvalue weighted by Crippen LogP contribution is 2.41. The molecular weight excluding hydrogens is 318 g/mol. The second-order valence-electron chi connectivity index (χ2n) is 6.17. The molecule has 5 heteroatoms. The van der Waals surface area contributed by atoms with Crippen LogP contribution in [-0.2, 0) is 6.54 Å². The number of nitrogens with two attached hydrogens (primary N) is 1. The van der Waals surface area contributed by atoms with Crippen LogP contribution < -0.4 is 11.1 Å². The molecule has 4 N–H and O–H groups in total. The Hall–Kier alpha value is -2.37. The van der Waals surface area contributed by atoms with Gasteiger partial charge in [0, 0.05) is 29.6 Å². The Morgan fingerprint density at radius 3 is 2.71 bits per heavy atom. The van der Waals surface area contributed by atoms with Crippen molar-refractivity contribution in [3.63, 3.8) is 0 Å². The molecule has 0 aliphatic heterocycles. The number of thiazole rings is 1. The zero-order valence-electron chi connectivity index (χ0n) is 13.1. The van der Waals surface area contributed by atoms with E-state index in [1.54, 1.807) is 12.1 Å². The average Bonchev–Trinajstić information content (AvgIpc) is 3.26. The second kappa shape index (κ2) is 6.26. The highest BCUT2D eigenvalue weighted by molar-refractivity contribution is 7.15. The number of phenols is 1. The lowest BCUT2D eigenvalue weighted by molar-refractivity contribution is 0.475. The monoisotopic (exact) mass is 337 g/mol. The molecule has 2 atom stereocenters. The lowest BCUT2D eigenvalue weighted by atomic mass is 10.0. The predicted octanol–water partition coefficient (Wildman–Crippen LogP) is 3.74. The molecule has 1 heterocycles. The summed E-state index contributed by atoms with van der Waals surface area (Å²) in [4.78, 5) is 5.25. The summed E-state index contributed by atoms with van der Waals surface area (Å²) in [7, 11) is 0. The fourth-order valence-corrected chi connectivity index (χ4v) is 3.67. The minimum absolute atomic E-state index is 0.298. The predicted molar refractivity (Wildman–Crippen MR) is 98.1 cm³/mol. The van der Waals surface area contributed by atoms with E-state index >= 15 is 0 Å². The van der Waals surface area contributed by atoms with E-state index in [1.165, 1.54) is 28.2 Å². The molecule has 4 rings (SSSR count). The summed E-state index contributed by atoms with van der Waals surface area (Å²) >= 11 is 1.54. The van der Waals surface area contributed by atoms with Crippen LogP contribution in [0.15, 0.2) is 54.7 Å². The molecule has 4 nitrogen and oxygen atoms in total. The van der Waals surface area contributed by atoms with Crippen molar-refractivity contribution in [2.75, 3.05) is 5.73 Å². The van der Waals surface area contributed by atoms with Crippen molar-refractivity contribution in [3.05, 3.63) is 65.2 Å². The number of hydrogen-bond acceptors (Lipinski definition) is 5. The van der Waals surface area contributed by atoms with Gasteiger partial charge in [-0.05, 0) is 35.2 Å². The zero-order chi connectivity index (χ0) is 16.5. The van der Waals surface area contributed by atoms with Crippen LogP contribution in [0.1, 0.15) is 22.8 Å². The second-order valence-corrected chi connectivity index (χ2v) is 7.31. The number of nitrogen functional groups attached to an aromatic ring is 1. The van der Waals surface area contributed by atoms with Gasteiger partial charge in [-0.2, -0.15) is 0 Å². The average molecular weight is 337 g/mol. The number of rotatable bonds is 5. The van der Waals surface area contributed by atoms with Gasteiger partial charge in [0.1, 0.15) is 5.75 Å². The molecular formula is C19H19N3OS. The molecule has 0 saturated heterocycles. The standard InChI is InChI=1S/C19H19N3OS/c20-19-22-11-16(24-19)10-21-18-9-17(18)13-6-4-12(5-7-13)14-2-1-3-15(23)8-14/h1-8,11,17-18,21,23H,9-10H2,(H2,20,22). The molecule has 24 heavy (non-hydrogen) atoms. The van der Waals surface area contributed by atoms with Crippen molar-refractivity contribution < 1.29 is 5.11 Å². The van der Waals surface area contributed by atoms with Gasteiger partial charge in [0.25, 0.3) is 0 Å². The quantitative estimate of drug-likeness (QED) is 0.663. The minimum atomic E-state index is 0.298. The SMILES string of the molecule is Nc1ncc(CNC2CC2c2ccc(-c3cccc(O)c3)cc2)s1. The van der Waals surface area contributed by atoms with Gasteiger partial charge in [-0.15, -0.1) is 11.3 Å². The van der Waals surface area contributed by atoms with Crippen molar-refractivity contribution in [1.29, 1.82) is 0 Å². The fraction of sp³-hybridized carbons (Fsp3) is 0.211. The van der Waals surface area contributed by atoms with Gasteiger partial charge in [0.05, 0.1) is 0 Å². The summed E-state index contributed by atoms with van der Waals surface area (Å²) < 4.78 is 0. The third kappa shape index (κ3) is 3.27. The smallest absolute Gasteiger partial charge is 0.180 e. The Kier molecular flexibility index (Phi) is 3.96. The summed E-state index contributed by atoms with van der Waals surface area (Å²) in [6.07, 6.45) is 3.01. The van der Waals surface area contributed by atoms with Crippen LogP contribution in [-0.4, -0.2) is 16.1 Å². The van der Waals surface area contributed by atoms with E-state index < -0.39 is 0 Å². The van der Waals surface area contributed by atoms with Gasteiger partial charge < -0.3 is 16.2 Å². The van der Waals surface area contributed by atoms with E-state index in [1.807, 2.05) is 18.3 Å². The maximum atomic E-state index is 9.60. The third-order valence-electron chi connectivity index (χ3n) is 4.42. The van der Waals surface area contributed by atoms with Crippen LogP contribution in [0.2, 0.25) is 0 Å². The number of nitrogens with zero attached hydrogens (tertiary/aromatic N) is 1. The molecule has 1 aliphatic rings. The van der Waals surface area contributed by atoms with E-state index in [0.29, 0.717) is 22.8 Å². The lowest BCUT2D eigenvalue weighted by Gasteiger charge is -2.06. The number of anilines is 1. The molecule has 1 saturated carbocycles. The number of phenolic OH excluding ortho intramolecular Hbond substituents is 1. The number of nitrogens with one attached hydrogen (secondary N) is 1. The topological polar surface area (TPSA) is 71.2 Å². The van der Waals surface area contributed by atoms with E-state index in [2.05, 4.69) is 34.6 Å². The lowest BCUT2D eigenvalue weighted by Crippen LogP contribution is -2.16. The maximum Gasteiger partial charge on any atom is 0.180 e. The van der Waals surface area contributed by atoms with E-state index in [9.17, 15) is 5.11 Å². The molecule has 0 bridgehead atoms. The van der Waals surface area contributed by atoms with Crippen molar-refractivity contribution in [3.8, 4) is 16.9 Å². The van der Waals surface area contributed by atoms with Crippen LogP contribution in [0.25, 0.3) is 11.1 Å². The number of hydrogen-bond donors (Lipinski definition) is 3. The van der Waals surface area contributed by atoms with Crippen LogP contribution in [0.4, 0.5) is 5.13 Å². The van der Waals surface area contributed by atoms with Crippen LogP contribution in [0.3, 0.4) is 0 Å². The van der Waals surface area contributed by atoms with Crippen LogP contribution in [0, 0.1) is 0 Å². The Morgan fingerprint density at radius 2 is 2.00 bits per heavy atom. The normalized spacial score (nSPS) is 19.3. The van der Waals surface area contributed by atoms with Gasteiger partial charge in [-0.3, -0.25) is 0 Å². The third-order valence-corrected chi connectivity index (χ3v) is 5.25. The Bertz CT molecular complexity index is 844. The summed E-state index contributed by atoms with van der Waals surface area (Å²) in [5.74, 6) is 0.875. The van der Waals surface area contributed by atoms with Crippen molar-refractivity contribution >= 4 is 16.5 Å². The van der Waals surface area contributed by atoms with Gasteiger partial charge >= 0.3 is 0 Å². The molecule has 0 spiro atoms.